The number of thioether (sulfide) groups is 1. The zero-order chi connectivity index (χ0) is 19.1. The third-order valence-corrected chi connectivity index (χ3v) is 6.64. The summed E-state index contributed by atoms with van der Waals surface area (Å²) in [6, 6.07) is 18.4. The van der Waals surface area contributed by atoms with Crippen LogP contribution >= 0.6 is 11.8 Å². The van der Waals surface area contributed by atoms with Crippen LogP contribution in [0.3, 0.4) is 0 Å². The van der Waals surface area contributed by atoms with Gasteiger partial charge in [0, 0.05) is 47.2 Å². The lowest BCUT2D eigenvalue weighted by Crippen LogP contribution is -2.35. The van der Waals surface area contributed by atoms with Gasteiger partial charge in [0.25, 0.3) is 0 Å². The van der Waals surface area contributed by atoms with Crippen molar-refractivity contribution in [2.24, 2.45) is 0 Å². The minimum Gasteiger partial charge on any atom is -0.443 e. The number of nitrogens with one attached hydrogen (secondary N) is 1. The summed E-state index contributed by atoms with van der Waals surface area (Å²) in [7, 11) is 1.71. The lowest BCUT2D eigenvalue weighted by molar-refractivity contribution is 0.0284. The minimum absolute atomic E-state index is 0.0681. The van der Waals surface area contributed by atoms with Crippen LogP contribution in [0.1, 0.15) is 29.8 Å². The highest BCUT2D eigenvalue weighted by Crippen LogP contribution is 2.48. The highest BCUT2D eigenvalue weighted by atomic mass is 32.2. The molecular formula is C22H22N2O3S. The highest BCUT2D eigenvalue weighted by Gasteiger charge is 2.49. The third kappa shape index (κ3) is 2.88. The summed E-state index contributed by atoms with van der Waals surface area (Å²) < 4.78 is 11.5. The zero-order valence-corrected chi connectivity index (χ0v) is 16.4. The number of fused-ring (bicyclic) bond motifs is 5. The summed E-state index contributed by atoms with van der Waals surface area (Å²) in [6.07, 6.45) is 0.187. The summed E-state index contributed by atoms with van der Waals surface area (Å²) in [5, 5.41) is 1.15. The summed E-state index contributed by atoms with van der Waals surface area (Å²) in [4.78, 5) is 19.3. The number of amides is 1. The first kappa shape index (κ1) is 17.6. The zero-order valence-electron chi connectivity index (χ0n) is 15.6. The maximum atomic E-state index is 12.7. The van der Waals surface area contributed by atoms with Crippen LogP contribution in [0.2, 0.25) is 0 Å². The number of methoxy groups -OCH3 is 1. The fourth-order valence-corrected chi connectivity index (χ4v) is 5.28. The number of para-hydroxylation sites is 1. The van der Waals surface area contributed by atoms with Crippen molar-refractivity contribution in [1.82, 2.24) is 9.88 Å². The van der Waals surface area contributed by atoms with Gasteiger partial charge in [-0.3, -0.25) is 4.90 Å². The van der Waals surface area contributed by atoms with Crippen molar-refractivity contribution in [3.05, 3.63) is 65.9 Å². The molecule has 2 aliphatic rings. The third-order valence-electron chi connectivity index (χ3n) is 5.64. The van der Waals surface area contributed by atoms with Crippen molar-refractivity contribution >= 4 is 28.8 Å². The van der Waals surface area contributed by atoms with Crippen molar-refractivity contribution in [2.75, 3.05) is 19.4 Å². The molecule has 0 radical (unpaired) electrons. The molecule has 0 spiro atoms. The molecule has 1 aliphatic heterocycles. The van der Waals surface area contributed by atoms with Gasteiger partial charge in [0.05, 0.1) is 11.7 Å². The van der Waals surface area contributed by atoms with Crippen LogP contribution in [-0.4, -0.2) is 41.5 Å². The van der Waals surface area contributed by atoms with Crippen molar-refractivity contribution in [3.63, 3.8) is 0 Å². The molecule has 144 valence electrons. The average molecular weight is 394 g/mol. The standard InChI is InChI=1S/C22H22N2O3S/c1-26-17-13-18-21(19-15-9-5-6-10-16(15)23-20(17)19)24(22(25)27-18)11-12-28-14-7-3-2-4-8-14/h2-10,17-18,21,23H,11-13H2,1H3/t17-,18+,21+/m1/s1. The quantitative estimate of drug-likeness (QED) is 0.625. The first-order valence-electron chi connectivity index (χ1n) is 9.54. The van der Waals surface area contributed by atoms with E-state index in [2.05, 4.69) is 29.2 Å². The molecule has 5 rings (SSSR count). The Kier molecular flexibility index (Phi) is 4.53. The number of carbonyl (C=O) groups excluding carboxylic acids is 1. The van der Waals surface area contributed by atoms with E-state index in [4.69, 9.17) is 9.47 Å². The Balaban J connectivity index is 1.46. The van der Waals surface area contributed by atoms with Crippen LogP contribution in [0.5, 0.6) is 0 Å². The molecule has 5 nitrogen and oxygen atoms in total. The molecule has 1 saturated heterocycles. The Bertz CT molecular complexity index is 1000. The van der Waals surface area contributed by atoms with E-state index in [1.165, 1.54) is 4.90 Å². The Morgan fingerprint density at radius 3 is 2.79 bits per heavy atom. The van der Waals surface area contributed by atoms with Crippen LogP contribution in [0.4, 0.5) is 4.79 Å². The Morgan fingerprint density at radius 1 is 1.18 bits per heavy atom. The van der Waals surface area contributed by atoms with Gasteiger partial charge in [0.1, 0.15) is 12.2 Å². The summed E-state index contributed by atoms with van der Waals surface area (Å²) in [5.41, 5.74) is 3.30. The lowest BCUT2D eigenvalue weighted by Gasteiger charge is -2.32. The van der Waals surface area contributed by atoms with E-state index in [0.717, 1.165) is 27.9 Å². The fraction of sp³-hybridized carbons (Fsp3) is 0.318. The number of rotatable bonds is 5. The number of hydrogen-bond acceptors (Lipinski definition) is 4. The van der Waals surface area contributed by atoms with Gasteiger partial charge in [0.2, 0.25) is 0 Å². The van der Waals surface area contributed by atoms with E-state index in [0.29, 0.717) is 13.0 Å². The van der Waals surface area contributed by atoms with Crippen molar-refractivity contribution in [1.29, 1.82) is 0 Å². The topological polar surface area (TPSA) is 54.6 Å². The van der Waals surface area contributed by atoms with E-state index >= 15 is 0 Å². The van der Waals surface area contributed by atoms with E-state index in [1.807, 2.05) is 35.2 Å². The van der Waals surface area contributed by atoms with E-state index in [9.17, 15) is 4.79 Å². The molecule has 1 amide bonds. The number of nitrogens with zero attached hydrogens (tertiary/aromatic N) is 1. The maximum absolute atomic E-state index is 12.7. The van der Waals surface area contributed by atoms with E-state index in [-0.39, 0.29) is 24.3 Å². The molecule has 2 aromatic carbocycles. The first-order valence-corrected chi connectivity index (χ1v) is 10.5. The van der Waals surface area contributed by atoms with E-state index in [1.54, 1.807) is 18.9 Å². The Labute approximate surface area is 168 Å². The Morgan fingerprint density at radius 2 is 1.96 bits per heavy atom. The molecule has 28 heavy (non-hydrogen) atoms. The van der Waals surface area contributed by atoms with Gasteiger partial charge in [-0.1, -0.05) is 36.4 Å². The predicted octanol–water partition coefficient (Wildman–Crippen LogP) is 4.91. The number of carbonyl (C=O) groups is 1. The number of aromatic amines is 1. The second-order valence-electron chi connectivity index (χ2n) is 7.18. The number of H-pyrrole nitrogens is 1. The number of aromatic nitrogens is 1. The molecule has 0 unspecified atom stereocenters. The second-order valence-corrected chi connectivity index (χ2v) is 8.35. The number of ether oxygens (including phenoxy) is 2. The van der Waals surface area contributed by atoms with Crippen LogP contribution in [0.15, 0.2) is 59.5 Å². The van der Waals surface area contributed by atoms with Gasteiger partial charge >= 0.3 is 6.09 Å². The van der Waals surface area contributed by atoms with Gasteiger partial charge in [-0.2, -0.15) is 0 Å². The monoisotopic (exact) mass is 394 g/mol. The summed E-state index contributed by atoms with van der Waals surface area (Å²) in [6.45, 7) is 0.649. The maximum Gasteiger partial charge on any atom is 0.410 e. The van der Waals surface area contributed by atoms with E-state index < -0.39 is 0 Å². The molecule has 1 N–H and O–H groups in total. The molecular weight excluding hydrogens is 372 g/mol. The smallest absolute Gasteiger partial charge is 0.410 e. The molecule has 1 aromatic heterocycles. The molecule has 0 saturated carbocycles. The predicted molar refractivity (Wildman–Crippen MR) is 110 cm³/mol. The first-order chi connectivity index (χ1) is 13.8. The van der Waals surface area contributed by atoms with Crippen molar-refractivity contribution in [3.8, 4) is 0 Å². The molecule has 3 atom stereocenters. The average Bonchev–Trinajstić information content (AvgIpc) is 3.25. The van der Waals surface area contributed by atoms with Gasteiger partial charge in [-0.05, 0) is 18.2 Å². The molecule has 2 heterocycles. The van der Waals surface area contributed by atoms with Gasteiger partial charge < -0.3 is 14.5 Å². The summed E-state index contributed by atoms with van der Waals surface area (Å²) in [5.74, 6) is 0.827. The molecule has 6 heteroatoms. The normalized spacial score (nSPS) is 23.5. The SMILES string of the molecule is CO[C@@H]1C[C@@H]2OC(=O)N(CCSc3ccccc3)[C@@H]2c2c1[nH]c1ccccc21. The van der Waals surface area contributed by atoms with Gasteiger partial charge in [0.15, 0.2) is 0 Å². The number of hydrogen-bond donors (Lipinski definition) is 1. The van der Waals surface area contributed by atoms with Crippen molar-refractivity contribution in [2.45, 2.75) is 29.6 Å². The molecule has 1 fully saturated rings. The van der Waals surface area contributed by atoms with Crippen molar-refractivity contribution < 1.29 is 14.3 Å². The van der Waals surface area contributed by atoms with Crippen LogP contribution in [0.25, 0.3) is 10.9 Å². The molecule has 1 aliphatic carbocycles. The van der Waals surface area contributed by atoms with Gasteiger partial charge in [-0.25, -0.2) is 4.79 Å². The van der Waals surface area contributed by atoms with Crippen LogP contribution < -0.4 is 0 Å². The molecule has 0 bridgehead atoms. The fourth-order valence-electron chi connectivity index (χ4n) is 4.40. The molecule has 3 aromatic rings. The van der Waals surface area contributed by atoms with Crippen LogP contribution in [0, 0.1) is 0 Å². The van der Waals surface area contributed by atoms with Crippen LogP contribution in [-0.2, 0) is 9.47 Å². The van der Waals surface area contributed by atoms with Gasteiger partial charge in [-0.15, -0.1) is 11.8 Å². The summed E-state index contributed by atoms with van der Waals surface area (Å²) >= 11 is 1.76. The largest absolute Gasteiger partial charge is 0.443 e. The second kappa shape index (κ2) is 7.18. The Hall–Kier alpha value is -2.44. The minimum atomic E-state index is -0.225. The number of benzene rings is 2. The highest BCUT2D eigenvalue weighted by molar-refractivity contribution is 7.99. The lowest BCUT2D eigenvalue weighted by atomic mass is 9.86.